The Morgan fingerprint density at radius 1 is 1.07 bits per heavy atom. The highest BCUT2D eigenvalue weighted by Gasteiger charge is 2.26. The van der Waals surface area contributed by atoms with E-state index in [9.17, 15) is 21.6 Å². The van der Waals surface area contributed by atoms with Crippen LogP contribution in [0, 0.1) is 17.8 Å². The van der Waals surface area contributed by atoms with Crippen LogP contribution in [0.3, 0.4) is 0 Å². The van der Waals surface area contributed by atoms with Gasteiger partial charge in [0, 0.05) is 11.5 Å². The van der Waals surface area contributed by atoms with E-state index in [0.717, 1.165) is 12.1 Å². The fraction of sp³-hybridized carbons (Fsp3) is 0.211. The lowest BCUT2D eigenvalue weighted by Gasteiger charge is -2.11. The number of hydrogen-bond acceptors (Lipinski definition) is 6. The van der Waals surface area contributed by atoms with E-state index in [2.05, 4.69) is 11.8 Å². The molecule has 2 aromatic rings. The lowest BCUT2D eigenvalue weighted by atomic mass is 10.1. The summed E-state index contributed by atoms with van der Waals surface area (Å²) in [4.78, 5) is 11.2. The summed E-state index contributed by atoms with van der Waals surface area (Å²) in [6.45, 7) is 3.84. The summed E-state index contributed by atoms with van der Waals surface area (Å²) in [6, 6.07) is 9.00. The number of primary sulfonamides is 1. The van der Waals surface area contributed by atoms with E-state index in [1.54, 1.807) is 0 Å². The molecule has 0 bridgehead atoms. The SMILES string of the molecule is COc1cc(C(=O)NS(=O)(=O)c2ccccc2S(N)(=O)=O)ccc1C#CC(C)C. The molecule has 0 fully saturated rings. The molecule has 0 spiro atoms. The molecule has 154 valence electrons. The highest BCUT2D eigenvalue weighted by atomic mass is 32.2. The van der Waals surface area contributed by atoms with Crippen molar-refractivity contribution in [2.24, 2.45) is 11.1 Å². The molecule has 0 heterocycles. The van der Waals surface area contributed by atoms with Crippen LogP contribution in [-0.4, -0.2) is 29.9 Å². The van der Waals surface area contributed by atoms with Gasteiger partial charge in [-0.05, 0) is 30.3 Å². The van der Waals surface area contributed by atoms with Crippen molar-refractivity contribution in [3.63, 3.8) is 0 Å². The van der Waals surface area contributed by atoms with Gasteiger partial charge in [-0.25, -0.2) is 26.7 Å². The van der Waals surface area contributed by atoms with Crippen molar-refractivity contribution in [2.75, 3.05) is 7.11 Å². The van der Waals surface area contributed by atoms with E-state index in [-0.39, 0.29) is 11.5 Å². The van der Waals surface area contributed by atoms with Crippen LogP contribution in [0.25, 0.3) is 0 Å². The summed E-state index contributed by atoms with van der Waals surface area (Å²) >= 11 is 0. The molecule has 0 aliphatic heterocycles. The van der Waals surface area contributed by atoms with Gasteiger partial charge in [-0.15, -0.1) is 0 Å². The molecule has 0 saturated heterocycles. The molecule has 0 unspecified atom stereocenters. The van der Waals surface area contributed by atoms with Crippen LogP contribution in [0.1, 0.15) is 29.8 Å². The van der Waals surface area contributed by atoms with Crippen molar-refractivity contribution in [1.29, 1.82) is 0 Å². The first-order chi connectivity index (χ1) is 13.5. The van der Waals surface area contributed by atoms with E-state index in [1.807, 2.05) is 18.6 Å². The molecular weight excluding hydrogens is 416 g/mol. The number of amides is 1. The number of benzene rings is 2. The van der Waals surface area contributed by atoms with Gasteiger partial charge in [0.15, 0.2) is 0 Å². The van der Waals surface area contributed by atoms with Gasteiger partial charge in [-0.1, -0.05) is 37.8 Å². The van der Waals surface area contributed by atoms with Gasteiger partial charge >= 0.3 is 0 Å². The molecule has 8 nitrogen and oxygen atoms in total. The molecule has 2 aromatic carbocycles. The summed E-state index contributed by atoms with van der Waals surface area (Å²) in [5.41, 5.74) is 0.536. The molecule has 1 amide bonds. The van der Waals surface area contributed by atoms with Gasteiger partial charge < -0.3 is 4.74 Å². The second kappa shape index (κ2) is 8.65. The molecule has 2 rings (SSSR count). The van der Waals surface area contributed by atoms with Crippen molar-refractivity contribution >= 4 is 26.0 Å². The topological polar surface area (TPSA) is 133 Å². The quantitative estimate of drug-likeness (QED) is 0.682. The maximum Gasteiger partial charge on any atom is 0.265 e. The number of sulfonamides is 2. The van der Waals surface area contributed by atoms with Crippen LogP contribution in [0.5, 0.6) is 5.75 Å². The third kappa shape index (κ3) is 5.57. The number of methoxy groups -OCH3 is 1. The van der Waals surface area contributed by atoms with Crippen LogP contribution in [0.2, 0.25) is 0 Å². The van der Waals surface area contributed by atoms with E-state index in [4.69, 9.17) is 9.88 Å². The van der Waals surface area contributed by atoms with Crippen molar-refractivity contribution in [2.45, 2.75) is 23.6 Å². The predicted molar refractivity (Wildman–Crippen MR) is 107 cm³/mol. The smallest absolute Gasteiger partial charge is 0.265 e. The molecule has 0 atom stereocenters. The minimum Gasteiger partial charge on any atom is -0.495 e. The molecule has 0 radical (unpaired) electrons. The van der Waals surface area contributed by atoms with E-state index >= 15 is 0 Å². The van der Waals surface area contributed by atoms with Crippen LogP contribution >= 0.6 is 0 Å². The van der Waals surface area contributed by atoms with Gasteiger partial charge in [-0.3, -0.25) is 4.79 Å². The van der Waals surface area contributed by atoms with Gasteiger partial charge in [0.05, 0.1) is 12.7 Å². The number of nitrogens with one attached hydrogen (secondary N) is 1. The van der Waals surface area contributed by atoms with E-state index in [0.29, 0.717) is 11.3 Å². The zero-order valence-corrected chi connectivity index (χ0v) is 17.6. The maximum atomic E-state index is 12.6. The second-order valence-electron chi connectivity index (χ2n) is 6.27. The summed E-state index contributed by atoms with van der Waals surface area (Å²) in [7, 11) is -7.41. The number of hydrogen-bond donors (Lipinski definition) is 2. The van der Waals surface area contributed by atoms with Crippen molar-refractivity contribution < 1.29 is 26.4 Å². The van der Waals surface area contributed by atoms with Crippen LogP contribution in [-0.2, 0) is 20.0 Å². The van der Waals surface area contributed by atoms with Gasteiger partial charge in [-0.2, -0.15) is 0 Å². The predicted octanol–water partition coefficient (Wildman–Crippen LogP) is 1.47. The number of carbonyl (C=O) groups excluding carboxylic acids is 1. The minimum absolute atomic E-state index is 0.00592. The average molecular weight is 437 g/mol. The van der Waals surface area contributed by atoms with Crippen LogP contribution in [0.15, 0.2) is 52.3 Å². The molecule has 0 aliphatic rings. The normalized spacial score (nSPS) is 11.5. The third-order valence-corrected chi connectivity index (χ3v) is 6.12. The Bertz CT molecular complexity index is 1210. The van der Waals surface area contributed by atoms with Crippen LogP contribution in [0.4, 0.5) is 0 Å². The van der Waals surface area contributed by atoms with Crippen molar-refractivity contribution in [1.82, 2.24) is 4.72 Å². The lowest BCUT2D eigenvalue weighted by molar-refractivity contribution is 0.0981. The Hall–Kier alpha value is -2.87. The van der Waals surface area contributed by atoms with Gasteiger partial charge in [0.25, 0.3) is 15.9 Å². The standard InChI is InChI=1S/C19H20N2O6S2/c1-13(2)8-9-14-10-11-15(12-16(14)27-3)19(22)21-29(25,26)18-7-5-4-6-17(18)28(20,23)24/h4-7,10-13H,1-3H3,(H,21,22)(H2,20,23,24). The zero-order valence-electron chi connectivity index (χ0n) is 16.0. The Morgan fingerprint density at radius 2 is 1.69 bits per heavy atom. The lowest BCUT2D eigenvalue weighted by Crippen LogP contribution is -2.32. The first-order valence-corrected chi connectivity index (χ1v) is 11.4. The van der Waals surface area contributed by atoms with Crippen LogP contribution < -0.4 is 14.6 Å². The summed E-state index contributed by atoms with van der Waals surface area (Å²) in [6.07, 6.45) is 0. The zero-order chi connectivity index (χ0) is 21.8. The fourth-order valence-corrected chi connectivity index (χ4v) is 4.66. The fourth-order valence-electron chi connectivity index (χ4n) is 2.30. The van der Waals surface area contributed by atoms with E-state index < -0.39 is 35.7 Å². The van der Waals surface area contributed by atoms with Crippen molar-refractivity contribution in [3.8, 4) is 17.6 Å². The monoisotopic (exact) mass is 436 g/mol. The Morgan fingerprint density at radius 3 is 2.24 bits per heavy atom. The molecule has 3 N–H and O–H groups in total. The number of carbonyl (C=O) groups is 1. The second-order valence-corrected chi connectivity index (χ2v) is 9.45. The summed E-state index contributed by atoms with van der Waals surface area (Å²) < 4.78 is 55.5. The minimum atomic E-state index is -4.50. The summed E-state index contributed by atoms with van der Waals surface area (Å²) in [5.74, 6) is 5.36. The summed E-state index contributed by atoms with van der Waals surface area (Å²) in [5, 5.41) is 5.07. The Balaban J connectivity index is 2.39. The highest BCUT2D eigenvalue weighted by molar-refractivity contribution is 7.92. The first kappa shape index (κ1) is 22.4. The largest absolute Gasteiger partial charge is 0.495 e. The number of nitrogens with two attached hydrogens (primary N) is 1. The molecule has 0 aromatic heterocycles. The Kier molecular flexibility index (Phi) is 6.69. The average Bonchev–Trinajstić information content (AvgIpc) is 2.65. The first-order valence-electron chi connectivity index (χ1n) is 8.34. The maximum absolute atomic E-state index is 12.6. The molecule has 10 heteroatoms. The molecule has 29 heavy (non-hydrogen) atoms. The highest BCUT2D eigenvalue weighted by Crippen LogP contribution is 2.22. The number of rotatable bonds is 5. The van der Waals surface area contributed by atoms with E-state index in [1.165, 1.54) is 37.4 Å². The van der Waals surface area contributed by atoms with Gasteiger partial charge in [0.1, 0.15) is 15.5 Å². The van der Waals surface area contributed by atoms with Crippen molar-refractivity contribution in [3.05, 3.63) is 53.6 Å². The third-order valence-electron chi connectivity index (χ3n) is 3.63. The molecule has 0 aliphatic carbocycles. The van der Waals surface area contributed by atoms with Gasteiger partial charge in [0.2, 0.25) is 10.0 Å². The molecular formula is C19H20N2O6S2. The number of ether oxygens (including phenoxy) is 1. The molecule has 0 saturated carbocycles. The Labute approximate surface area is 170 Å².